The van der Waals surface area contributed by atoms with E-state index in [0.717, 1.165) is 38.4 Å². The lowest BCUT2D eigenvalue weighted by molar-refractivity contribution is 0.360. The molecule has 2 rings (SSSR count). The summed E-state index contributed by atoms with van der Waals surface area (Å²) in [6.07, 6.45) is 2.89. The highest BCUT2D eigenvalue weighted by Gasteiger charge is 2.13. The molecule has 0 aromatic carbocycles. The van der Waals surface area contributed by atoms with Crippen molar-refractivity contribution in [1.29, 1.82) is 0 Å². The van der Waals surface area contributed by atoms with Crippen molar-refractivity contribution >= 4 is 11.8 Å². The second kappa shape index (κ2) is 5.09. The van der Waals surface area contributed by atoms with Crippen molar-refractivity contribution in [2.45, 2.75) is 6.42 Å². The van der Waals surface area contributed by atoms with Crippen LogP contribution < -0.4 is 16.2 Å². The number of likely N-dealkylation sites (N-methyl/N-ethyl adjacent to an activating group) is 1. The van der Waals surface area contributed by atoms with Crippen LogP contribution >= 0.6 is 0 Å². The van der Waals surface area contributed by atoms with Crippen LogP contribution in [0.4, 0.5) is 11.8 Å². The number of rotatable bonds is 2. The molecule has 1 aliphatic rings. The van der Waals surface area contributed by atoms with Gasteiger partial charge in [0.05, 0.1) is 0 Å². The second-order valence-corrected chi connectivity index (χ2v) is 4.03. The van der Waals surface area contributed by atoms with Gasteiger partial charge in [0, 0.05) is 25.8 Å². The van der Waals surface area contributed by atoms with Crippen molar-refractivity contribution < 1.29 is 0 Å². The second-order valence-electron chi connectivity index (χ2n) is 4.03. The van der Waals surface area contributed by atoms with E-state index in [9.17, 15) is 0 Å². The molecule has 1 saturated heterocycles. The summed E-state index contributed by atoms with van der Waals surface area (Å²) in [5.74, 6) is 6.71. The van der Waals surface area contributed by atoms with E-state index in [1.165, 1.54) is 0 Å². The minimum atomic E-state index is 0.468. The molecule has 0 unspecified atom stereocenters. The largest absolute Gasteiger partial charge is 0.355 e. The molecule has 0 atom stereocenters. The van der Waals surface area contributed by atoms with Crippen molar-refractivity contribution in [3.63, 3.8) is 0 Å². The van der Waals surface area contributed by atoms with Crippen LogP contribution in [0.5, 0.6) is 0 Å². The van der Waals surface area contributed by atoms with Crippen molar-refractivity contribution in [3.8, 4) is 0 Å². The van der Waals surface area contributed by atoms with E-state index >= 15 is 0 Å². The highest BCUT2D eigenvalue weighted by atomic mass is 15.3. The number of nitrogens with zero attached hydrogens (tertiary/aromatic N) is 4. The third-order valence-electron chi connectivity index (χ3n) is 2.81. The van der Waals surface area contributed by atoms with Gasteiger partial charge < -0.3 is 9.80 Å². The summed E-state index contributed by atoms with van der Waals surface area (Å²) < 4.78 is 0. The Kier molecular flexibility index (Phi) is 3.53. The molecule has 0 bridgehead atoms. The normalized spacial score (nSPS) is 18.2. The summed E-state index contributed by atoms with van der Waals surface area (Å²) in [6.45, 7) is 4.24. The van der Waals surface area contributed by atoms with E-state index in [2.05, 4.69) is 32.2 Å². The number of hydrogen-bond donors (Lipinski definition) is 2. The Morgan fingerprint density at radius 2 is 2.19 bits per heavy atom. The van der Waals surface area contributed by atoms with E-state index in [-0.39, 0.29) is 0 Å². The molecule has 3 N–H and O–H groups in total. The van der Waals surface area contributed by atoms with E-state index < -0.39 is 0 Å². The molecule has 1 aromatic rings. The Bertz CT molecular complexity index is 342. The van der Waals surface area contributed by atoms with E-state index in [0.29, 0.717) is 5.95 Å². The maximum atomic E-state index is 5.30. The van der Waals surface area contributed by atoms with Gasteiger partial charge in [0.2, 0.25) is 5.95 Å². The van der Waals surface area contributed by atoms with Gasteiger partial charge in [-0.3, -0.25) is 5.43 Å². The fourth-order valence-electron chi connectivity index (χ4n) is 1.87. The van der Waals surface area contributed by atoms with Crippen molar-refractivity contribution in [2.75, 3.05) is 43.6 Å². The Labute approximate surface area is 95.4 Å². The fourth-order valence-corrected chi connectivity index (χ4v) is 1.87. The minimum Gasteiger partial charge on any atom is -0.355 e. The average Bonchev–Trinajstić information content (AvgIpc) is 2.54. The maximum absolute atomic E-state index is 5.30. The molecule has 1 fully saturated rings. The average molecular weight is 222 g/mol. The molecular formula is C10H18N6. The summed E-state index contributed by atoms with van der Waals surface area (Å²) in [5.41, 5.74) is 2.47. The molecule has 1 aromatic heterocycles. The maximum Gasteiger partial charge on any atom is 0.239 e. The molecule has 6 heteroatoms. The number of aromatic nitrogens is 2. The Balaban J connectivity index is 2.10. The Hall–Kier alpha value is -1.40. The monoisotopic (exact) mass is 222 g/mol. The minimum absolute atomic E-state index is 0.468. The first-order chi connectivity index (χ1) is 7.79. The highest BCUT2D eigenvalue weighted by Crippen LogP contribution is 2.13. The van der Waals surface area contributed by atoms with E-state index in [1.807, 2.05) is 6.07 Å². The molecular weight excluding hydrogens is 204 g/mol. The van der Waals surface area contributed by atoms with Crippen LogP contribution in [0, 0.1) is 0 Å². The number of nitrogens with two attached hydrogens (primary N) is 1. The molecule has 0 amide bonds. The predicted molar refractivity (Wildman–Crippen MR) is 64.2 cm³/mol. The van der Waals surface area contributed by atoms with Gasteiger partial charge in [0.1, 0.15) is 5.82 Å². The van der Waals surface area contributed by atoms with Crippen LogP contribution in [-0.4, -0.2) is 48.1 Å². The number of nitrogen functional groups attached to an aromatic ring is 1. The quantitative estimate of drug-likeness (QED) is 0.538. The third-order valence-corrected chi connectivity index (χ3v) is 2.81. The lowest BCUT2D eigenvalue weighted by atomic mass is 10.4. The van der Waals surface area contributed by atoms with Crippen LogP contribution in [0.3, 0.4) is 0 Å². The zero-order chi connectivity index (χ0) is 11.4. The van der Waals surface area contributed by atoms with E-state index in [4.69, 9.17) is 5.84 Å². The first-order valence-corrected chi connectivity index (χ1v) is 5.53. The summed E-state index contributed by atoms with van der Waals surface area (Å²) in [6, 6.07) is 1.92. The molecule has 2 heterocycles. The van der Waals surface area contributed by atoms with Crippen LogP contribution in [0.25, 0.3) is 0 Å². The zero-order valence-corrected chi connectivity index (χ0v) is 9.56. The van der Waals surface area contributed by atoms with Crippen LogP contribution in [0.15, 0.2) is 12.3 Å². The molecule has 0 aliphatic carbocycles. The van der Waals surface area contributed by atoms with Gasteiger partial charge in [-0.05, 0) is 26.1 Å². The van der Waals surface area contributed by atoms with Gasteiger partial charge in [-0.15, -0.1) is 0 Å². The summed E-state index contributed by atoms with van der Waals surface area (Å²) in [5, 5.41) is 0. The molecule has 6 nitrogen and oxygen atoms in total. The fraction of sp³-hybridized carbons (Fsp3) is 0.600. The zero-order valence-electron chi connectivity index (χ0n) is 9.56. The van der Waals surface area contributed by atoms with Gasteiger partial charge in [-0.2, -0.15) is 4.98 Å². The van der Waals surface area contributed by atoms with Crippen molar-refractivity contribution in [1.82, 2.24) is 14.9 Å². The topological polar surface area (TPSA) is 70.3 Å². The van der Waals surface area contributed by atoms with Crippen LogP contribution in [-0.2, 0) is 0 Å². The Morgan fingerprint density at radius 1 is 1.31 bits per heavy atom. The first kappa shape index (κ1) is 11.1. The summed E-state index contributed by atoms with van der Waals surface area (Å²) in [4.78, 5) is 13.0. The molecule has 0 saturated carbocycles. The highest BCUT2D eigenvalue weighted by molar-refractivity contribution is 5.42. The lowest BCUT2D eigenvalue weighted by Crippen LogP contribution is -2.29. The molecule has 0 spiro atoms. The molecule has 0 radical (unpaired) electrons. The van der Waals surface area contributed by atoms with Gasteiger partial charge in [0.15, 0.2) is 0 Å². The van der Waals surface area contributed by atoms with Crippen molar-refractivity contribution in [3.05, 3.63) is 12.3 Å². The summed E-state index contributed by atoms with van der Waals surface area (Å²) in [7, 11) is 2.15. The predicted octanol–water partition coefficient (Wildman–Crippen LogP) is -0.0959. The van der Waals surface area contributed by atoms with Gasteiger partial charge in [0.25, 0.3) is 0 Å². The van der Waals surface area contributed by atoms with Crippen LogP contribution in [0.1, 0.15) is 6.42 Å². The third kappa shape index (κ3) is 2.59. The first-order valence-electron chi connectivity index (χ1n) is 5.53. The molecule has 1 aliphatic heterocycles. The lowest BCUT2D eigenvalue weighted by Gasteiger charge is -2.21. The van der Waals surface area contributed by atoms with E-state index in [1.54, 1.807) is 6.20 Å². The summed E-state index contributed by atoms with van der Waals surface area (Å²) >= 11 is 0. The van der Waals surface area contributed by atoms with Gasteiger partial charge in [-0.25, -0.2) is 10.8 Å². The SMILES string of the molecule is CN1CCCN(c2ccnc(NN)n2)CC1. The Morgan fingerprint density at radius 3 is 3.00 bits per heavy atom. The van der Waals surface area contributed by atoms with Gasteiger partial charge >= 0.3 is 0 Å². The smallest absolute Gasteiger partial charge is 0.239 e. The number of hydrazine groups is 1. The number of hydrogen-bond acceptors (Lipinski definition) is 6. The van der Waals surface area contributed by atoms with Crippen molar-refractivity contribution in [2.24, 2.45) is 5.84 Å². The standard InChI is InChI=1S/C10H18N6/c1-15-5-2-6-16(8-7-15)9-3-4-12-10(13-9)14-11/h3-4H,2,5-8,11H2,1H3,(H,12,13,14). The number of anilines is 2. The van der Waals surface area contributed by atoms with Gasteiger partial charge in [-0.1, -0.05) is 0 Å². The number of nitrogens with one attached hydrogen (secondary N) is 1. The molecule has 88 valence electrons. The molecule has 16 heavy (non-hydrogen) atoms. The van der Waals surface area contributed by atoms with Crippen LogP contribution in [0.2, 0.25) is 0 Å².